The highest BCUT2D eigenvalue weighted by Crippen LogP contribution is 2.30. The van der Waals surface area contributed by atoms with Crippen LogP contribution in [0.15, 0.2) is 0 Å². The van der Waals surface area contributed by atoms with Gasteiger partial charge in [-0.2, -0.15) is 0 Å². The molecular weight excluding hydrogens is 274 g/mol. The SMILES string of the molecule is CC(C(O)O)C1(N)CCCCCCCCCCCCCCC1. The second kappa shape index (κ2) is 11.4. The highest BCUT2D eigenvalue weighted by Gasteiger charge is 2.34. The van der Waals surface area contributed by atoms with E-state index in [1.165, 1.54) is 70.6 Å². The quantitative estimate of drug-likeness (QED) is 0.658. The molecule has 0 aromatic carbocycles. The minimum absolute atomic E-state index is 0.244. The number of rotatable bonds is 2. The molecule has 1 rings (SSSR count). The molecule has 3 nitrogen and oxygen atoms in total. The van der Waals surface area contributed by atoms with E-state index in [1.54, 1.807) is 0 Å². The molecule has 0 aromatic rings. The summed E-state index contributed by atoms with van der Waals surface area (Å²) in [6.45, 7) is 1.89. The third kappa shape index (κ3) is 7.94. The molecule has 0 aromatic heterocycles. The van der Waals surface area contributed by atoms with E-state index >= 15 is 0 Å². The third-order valence-corrected chi connectivity index (χ3v) is 5.64. The highest BCUT2D eigenvalue weighted by molar-refractivity contribution is 4.90. The molecule has 1 saturated carbocycles. The molecule has 0 heterocycles. The molecular formula is C19H39NO2. The van der Waals surface area contributed by atoms with Gasteiger partial charge in [0.1, 0.15) is 0 Å². The highest BCUT2D eigenvalue weighted by atomic mass is 16.5. The van der Waals surface area contributed by atoms with Crippen molar-refractivity contribution in [2.24, 2.45) is 11.7 Å². The Hall–Kier alpha value is -0.120. The number of hydrogen-bond acceptors (Lipinski definition) is 3. The lowest BCUT2D eigenvalue weighted by molar-refractivity contribution is -0.102. The predicted molar refractivity (Wildman–Crippen MR) is 93.6 cm³/mol. The van der Waals surface area contributed by atoms with Crippen molar-refractivity contribution in [3.8, 4) is 0 Å². The molecule has 1 unspecified atom stereocenters. The van der Waals surface area contributed by atoms with Crippen molar-refractivity contribution in [2.45, 2.75) is 115 Å². The van der Waals surface area contributed by atoms with Gasteiger partial charge < -0.3 is 15.9 Å². The van der Waals surface area contributed by atoms with Crippen molar-refractivity contribution < 1.29 is 10.2 Å². The van der Waals surface area contributed by atoms with E-state index in [-0.39, 0.29) is 5.92 Å². The normalized spacial score (nSPS) is 25.0. The van der Waals surface area contributed by atoms with Gasteiger partial charge >= 0.3 is 0 Å². The second-order valence-electron chi connectivity index (χ2n) is 7.53. The summed E-state index contributed by atoms with van der Waals surface area (Å²) in [6.07, 6.45) is 17.5. The van der Waals surface area contributed by atoms with Gasteiger partial charge in [-0.1, -0.05) is 90.4 Å². The standard InChI is InChI=1S/C19H39NO2/c1-17(18(21)22)19(20)15-13-11-9-7-5-3-2-4-6-8-10-12-14-16-19/h17-18,21-22H,2-16,20H2,1H3. The van der Waals surface area contributed by atoms with Gasteiger partial charge in [0, 0.05) is 11.5 Å². The van der Waals surface area contributed by atoms with Crippen LogP contribution < -0.4 is 5.73 Å². The van der Waals surface area contributed by atoms with Gasteiger partial charge in [0.2, 0.25) is 0 Å². The molecule has 132 valence electrons. The van der Waals surface area contributed by atoms with Crippen LogP contribution >= 0.6 is 0 Å². The van der Waals surface area contributed by atoms with Gasteiger partial charge in [-0.3, -0.25) is 0 Å². The Morgan fingerprint density at radius 3 is 1.18 bits per heavy atom. The molecule has 1 aliphatic rings. The summed E-state index contributed by atoms with van der Waals surface area (Å²) < 4.78 is 0. The molecule has 3 heteroatoms. The zero-order chi connectivity index (χ0) is 16.3. The summed E-state index contributed by atoms with van der Waals surface area (Å²) in [5, 5.41) is 19.1. The molecule has 1 fully saturated rings. The van der Waals surface area contributed by atoms with Crippen molar-refractivity contribution >= 4 is 0 Å². The van der Waals surface area contributed by atoms with Crippen molar-refractivity contribution in [3.63, 3.8) is 0 Å². The number of hydrogen-bond donors (Lipinski definition) is 3. The zero-order valence-corrected chi connectivity index (χ0v) is 14.7. The van der Waals surface area contributed by atoms with Crippen molar-refractivity contribution in [2.75, 3.05) is 0 Å². The summed E-state index contributed by atoms with van der Waals surface area (Å²) in [4.78, 5) is 0. The average Bonchev–Trinajstić information content (AvgIpc) is 2.49. The fraction of sp³-hybridized carbons (Fsp3) is 1.00. The molecule has 0 saturated heterocycles. The first-order valence-corrected chi connectivity index (χ1v) is 9.71. The molecule has 1 atom stereocenters. The Balaban J connectivity index is 2.48. The van der Waals surface area contributed by atoms with Crippen LogP contribution in [0.5, 0.6) is 0 Å². The van der Waals surface area contributed by atoms with E-state index in [9.17, 15) is 10.2 Å². The Labute approximate surface area is 137 Å². The number of aliphatic hydroxyl groups is 2. The van der Waals surface area contributed by atoms with E-state index < -0.39 is 11.8 Å². The van der Waals surface area contributed by atoms with E-state index in [0.29, 0.717) is 0 Å². The van der Waals surface area contributed by atoms with Gasteiger partial charge in [-0.25, -0.2) is 0 Å². The Kier molecular flexibility index (Phi) is 10.3. The molecule has 0 radical (unpaired) electrons. The molecule has 4 N–H and O–H groups in total. The van der Waals surface area contributed by atoms with Crippen LogP contribution in [0.25, 0.3) is 0 Å². The molecule has 0 amide bonds. The largest absolute Gasteiger partial charge is 0.368 e. The number of nitrogens with two attached hydrogens (primary N) is 1. The van der Waals surface area contributed by atoms with Crippen LogP contribution in [0.3, 0.4) is 0 Å². The van der Waals surface area contributed by atoms with Gasteiger partial charge in [-0.05, 0) is 12.8 Å². The summed E-state index contributed by atoms with van der Waals surface area (Å²) in [5.41, 5.74) is 6.18. The maximum Gasteiger partial charge on any atom is 0.155 e. The molecule has 0 spiro atoms. The van der Waals surface area contributed by atoms with Crippen LogP contribution in [0.1, 0.15) is 103 Å². The summed E-state index contributed by atoms with van der Waals surface area (Å²) in [6, 6.07) is 0. The third-order valence-electron chi connectivity index (χ3n) is 5.64. The first-order valence-electron chi connectivity index (χ1n) is 9.71. The lowest BCUT2D eigenvalue weighted by Gasteiger charge is -2.37. The van der Waals surface area contributed by atoms with Gasteiger partial charge in [0.15, 0.2) is 6.29 Å². The van der Waals surface area contributed by atoms with Crippen molar-refractivity contribution in [1.29, 1.82) is 0 Å². The smallest absolute Gasteiger partial charge is 0.155 e. The fourth-order valence-electron chi connectivity index (χ4n) is 3.73. The van der Waals surface area contributed by atoms with Crippen LogP contribution in [0, 0.1) is 5.92 Å². The zero-order valence-electron chi connectivity index (χ0n) is 14.7. The summed E-state index contributed by atoms with van der Waals surface area (Å²) >= 11 is 0. The lowest BCUT2D eigenvalue weighted by Crippen LogP contribution is -2.50. The summed E-state index contributed by atoms with van der Waals surface area (Å²) in [7, 11) is 0. The van der Waals surface area contributed by atoms with Gasteiger partial charge in [-0.15, -0.1) is 0 Å². The first kappa shape index (κ1) is 19.9. The van der Waals surface area contributed by atoms with Crippen LogP contribution in [0.4, 0.5) is 0 Å². The topological polar surface area (TPSA) is 66.5 Å². The molecule has 0 aliphatic heterocycles. The average molecular weight is 314 g/mol. The maximum absolute atomic E-state index is 9.55. The minimum atomic E-state index is -1.30. The Morgan fingerprint density at radius 1 is 0.636 bits per heavy atom. The predicted octanol–water partition coefficient (Wildman–Crippen LogP) is 4.50. The van der Waals surface area contributed by atoms with E-state index in [2.05, 4.69) is 0 Å². The Bertz CT molecular complexity index is 252. The number of aliphatic hydroxyl groups excluding tert-OH is 1. The van der Waals surface area contributed by atoms with Crippen LogP contribution in [-0.4, -0.2) is 22.0 Å². The van der Waals surface area contributed by atoms with E-state index in [1.807, 2.05) is 6.92 Å². The van der Waals surface area contributed by atoms with Gasteiger partial charge in [0.05, 0.1) is 0 Å². The van der Waals surface area contributed by atoms with Crippen LogP contribution in [0.2, 0.25) is 0 Å². The molecule has 0 bridgehead atoms. The van der Waals surface area contributed by atoms with E-state index in [0.717, 1.165) is 25.7 Å². The molecule has 22 heavy (non-hydrogen) atoms. The monoisotopic (exact) mass is 313 g/mol. The van der Waals surface area contributed by atoms with Crippen molar-refractivity contribution in [1.82, 2.24) is 0 Å². The first-order chi connectivity index (χ1) is 10.6. The van der Waals surface area contributed by atoms with E-state index in [4.69, 9.17) is 5.73 Å². The lowest BCUT2D eigenvalue weighted by atomic mass is 9.77. The molecule has 1 aliphatic carbocycles. The fourth-order valence-corrected chi connectivity index (χ4v) is 3.73. The van der Waals surface area contributed by atoms with Gasteiger partial charge in [0.25, 0.3) is 0 Å². The Morgan fingerprint density at radius 2 is 0.909 bits per heavy atom. The second-order valence-corrected chi connectivity index (χ2v) is 7.53. The maximum atomic E-state index is 9.55. The summed E-state index contributed by atoms with van der Waals surface area (Å²) in [5.74, 6) is -0.244. The van der Waals surface area contributed by atoms with Crippen LogP contribution in [-0.2, 0) is 0 Å². The van der Waals surface area contributed by atoms with Crippen molar-refractivity contribution in [3.05, 3.63) is 0 Å². The minimum Gasteiger partial charge on any atom is -0.368 e.